The van der Waals surface area contributed by atoms with Crippen molar-refractivity contribution in [3.8, 4) is 0 Å². The quantitative estimate of drug-likeness (QED) is 0.850. The number of nitrogens with two attached hydrogens (primary N) is 1. The Morgan fingerprint density at radius 1 is 1.25 bits per heavy atom. The number of hydrogen-bond acceptors (Lipinski definition) is 4. The lowest BCUT2D eigenvalue weighted by Gasteiger charge is -2.38. The van der Waals surface area contributed by atoms with Crippen LogP contribution in [0.5, 0.6) is 0 Å². The summed E-state index contributed by atoms with van der Waals surface area (Å²) in [7, 11) is -8.10. The zero-order chi connectivity index (χ0) is 15.2. The highest BCUT2D eigenvalue weighted by molar-refractivity contribution is 7.89. The summed E-state index contributed by atoms with van der Waals surface area (Å²) in [6.45, 7) is 1.74. The summed E-state index contributed by atoms with van der Waals surface area (Å²) in [6.07, 6.45) is 2.28. The Hall–Kier alpha value is -1.03. The Balaban J connectivity index is 2.38. The zero-order valence-electron chi connectivity index (χ0n) is 10.8. The van der Waals surface area contributed by atoms with Crippen LogP contribution in [-0.2, 0) is 20.0 Å². The van der Waals surface area contributed by atoms with Crippen LogP contribution in [0.4, 0.5) is 4.39 Å². The summed E-state index contributed by atoms with van der Waals surface area (Å²) >= 11 is 0. The molecule has 0 atom stereocenters. The standard InChI is InChI=1S/C11H15FN2O4S2/c1-11(5-2-6-11)14-20(17,18)10-4-3-8(7-9(10)12)19(13,15)16/h3-4,7,14H,2,5-6H2,1H3,(H2,13,15,16). The molecule has 0 aromatic heterocycles. The Bertz CT molecular complexity index is 740. The molecule has 0 bridgehead atoms. The van der Waals surface area contributed by atoms with E-state index in [1.807, 2.05) is 0 Å². The van der Waals surface area contributed by atoms with Gasteiger partial charge in [-0.1, -0.05) is 0 Å². The second-order valence-electron chi connectivity index (χ2n) is 5.16. The van der Waals surface area contributed by atoms with Crippen molar-refractivity contribution >= 4 is 20.0 Å². The first-order valence-electron chi connectivity index (χ1n) is 5.90. The van der Waals surface area contributed by atoms with E-state index >= 15 is 0 Å². The number of rotatable bonds is 4. The lowest BCUT2D eigenvalue weighted by atomic mass is 9.80. The van der Waals surface area contributed by atoms with Crippen LogP contribution in [0.2, 0.25) is 0 Å². The van der Waals surface area contributed by atoms with Crippen molar-refractivity contribution in [2.45, 2.75) is 41.5 Å². The van der Waals surface area contributed by atoms with Gasteiger partial charge < -0.3 is 0 Å². The van der Waals surface area contributed by atoms with Gasteiger partial charge in [0.05, 0.1) is 4.90 Å². The molecule has 1 aliphatic rings. The highest BCUT2D eigenvalue weighted by Gasteiger charge is 2.37. The van der Waals surface area contributed by atoms with Crippen LogP contribution in [0.3, 0.4) is 0 Å². The van der Waals surface area contributed by atoms with E-state index in [-0.39, 0.29) is 0 Å². The summed E-state index contributed by atoms with van der Waals surface area (Å²) in [5, 5.41) is 4.86. The van der Waals surface area contributed by atoms with Gasteiger partial charge in [-0.15, -0.1) is 0 Å². The third-order valence-corrected chi connectivity index (χ3v) is 5.94. The van der Waals surface area contributed by atoms with E-state index in [1.165, 1.54) is 0 Å². The van der Waals surface area contributed by atoms with Crippen LogP contribution >= 0.6 is 0 Å². The van der Waals surface area contributed by atoms with E-state index < -0.39 is 41.2 Å². The van der Waals surface area contributed by atoms with Gasteiger partial charge in [-0.3, -0.25) is 0 Å². The first kappa shape index (κ1) is 15.4. The lowest BCUT2D eigenvalue weighted by molar-refractivity contribution is 0.247. The average Bonchev–Trinajstić information content (AvgIpc) is 2.24. The third-order valence-electron chi connectivity index (χ3n) is 3.36. The van der Waals surface area contributed by atoms with E-state index in [2.05, 4.69) is 4.72 Å². The van der Waals surface area contributed by atoms with E-state index in [0.717, 1.165) is 18.6 Å². The Kier molecular flexibility index (Phi) is 3.66. The van der Waals surface area contributed by atoms with Crippen LogP contribution in [0, 0.1) is 5.82 Å². The average molecular weight is 322 g/mol. The maximum Gasteiger partial charge on any atom is 0.243 e. The van der Waals surface area contributed by atoms with Crippen LogP contribution in [0.15, 0.2) is 28.0 Å². The molecule has 6 nitrogen and oxygen atoms in total. The molecule has 1 fully saturated rings. The largest absolute Gasteiger partial charge is 0.243 e. The molecule has 3 N–H and O–H groups in total. The number of benzene rings is 1. The molecule has 1 aromatic rings. The number of hydrogen-bond donors (Lipinski definition) is 2. The smallest absolute Gasteiger partial charge is 0.225 e. The predicted molar refractivity (Wildman–Crippen MR) is 70.4 cm³/mol. The maximum atomic E-state index is 13.8. The van der Waals surface area contributed by atoms with Gasteiger partial charge in [0, 0.05) is 5.54 Å². The minimum absolute atomic E-state index is 0.469. The molecule has 0 aliphatic heterocycles. The highest BCUT2D eigenvalue weighted by atomic mass is 32.2. The second kappa shape index (κ2) is 4.76. The molecule has 0 unspecified atom stereocenters. The van der Waals surface area contributed by atoms with Crippen LogP contribution in [-0.4, -0.2) is 22.4 Å². The molecule has 0 heterocycles. The molecular weight excluding hydrogens is 307 g/mol. The van der Waals surface area contributed by atoms with Crippen molar-refractivity contribution in [3.63, 3.8) is 0 Å². The fourth-order valence-electron chi connectivity index (χ4n) is 2.07. The molecule has 0 radical (unpaired) electrons. The van der Waals surface area contributed by atoms with E-state index in [0.29, 0.717) is 18.9 Å². The van der Waals surface area contributed by atoms with Crippen molar-refractivity contribution in [1.29, 1.82) is 0 Å². The molecule has 1 aliphatic carbocycles. The monoisotopic (exact) mass is 322 g/mol. The Morgan fingerprint density at radius 2 is 1.85 bits per heavy atom. The zero-order valence-corrected chi connectivity index (χ0v) is 12.4. The number of halogens is 1. The van der Waals surface area contributed by atoms with Crippen LogP contribution in [0.1, 0.15) is 26.2 Å². The fraction of sp³-hybridized carbons (Fsp3) is 0.455. The van der Waals surface area contributed by atoms with E-state index in [1.54, 1.807) is 6.92 Å². The molecule has 0 amide bonds. The third kappa shape index (κ3) is 3.00. The summed E-state index contributed by atoms with van der Waals surface area (Å²) in [4.78, 5) is -1.05. The number of sulfonamides is 2. The predicted octanol–water partition coefficient (Wildman–Crippen LogP) is 0.694. The van der Waals surface area contributed by atoms with Crippen LogP contribution in [0.25, 0.3) is 0 Å². The molecule has 112 valence electrons. The first-order chi connectivity index (χ1) is 9.04. The van der Waals surface area contributed by atoms with Gasteiger partial charge in [0.25, 0.3) is 0 Å². The van der Waals surface area contributed by atoms with Crippen molar-refractivity contribution < 1.29 is 21.2 Å². The van der Waals surface area contributed by atoms with Gasteiger partial charge in [0.15, 0.2) is 0 Å². The molecule has 0 spiro atoms. The molecule has 0 saturated heterocycles. The summed E-state index contributed by atoms with van der Waals surface area (Å²) in [6, 6.07) is 2.47. The molecule has 20 heavy (non-hydrogen) atoms. The Labute approximate surface area is 117 Å². The minimum Gasteiger partial charge on any atom is -0.225 e. The maximum absolute atomic E-state index is 13.8. The van der Waals surface area contributed by atoms with Gasteiger partial charge in [-0.25, -0.2) is 31.1 Å². The second-order valence-corrected chi connectivity index (χ2v) is 8.37. The van der Waals surface area contributed by atoms with Crippen molar-refractivity contribution in [2.24, 2.45) is 5.14 Å². The lowest BCUT2D eigenvalue weighted by Crippen LogP contribution is -2.50. The van der Waals surface area contributed by atoms with Crippen molar-refractivity contribution in [1.82, 2.24) is 4.72 Å². The summed E-state index contributed by atoms with van der Waals surface area (Å²) < 4.78 is 62.6. The van der Waals surface area contributed by atoms with E-state index in [4.69, 9.17) is 5.14 Å². The van der Waals surface area contributed by atoms with E-state index in [9.17, 15) is 21.2 Å². The molecule has 2 rings (SSSR count). The summed E-state index contributed by atoms with van der Waals surface area (Å²) in [5.74, 6) is -1.15. The molecule has 1 aromatic carbocycles. The van der Waals surface area contributed by atoms with Gasteiger partial charge in [0.2, 0.25) is 20.0 Å². The normalized spacial score (nSPS) is 18.6. The molecular formula is C11H15FN2O4S2. The molecule has 1 saturated carbocycles. The van der Waals surface area contributed by atoms with Gasteiger partial charge in [-0.2, -0.15) is 0 Å². The SMILES string of the molecule is CC1(NS(=O)(=O)c2ccc(S(N)(=O)=O)cc2F)CCC1. The van der Waals surface area contributed by atoms with Crippen LogP contribution < -0.4 is 9.86 Å². The fourth-order valence-corrected chi connectivity index (χ4v) is 4.12. The van der Waals surface area contributed by atoms with Gasteiger partial charge in [0.1, 0.15) is 10.7 Å². The number of nitrogens with one attached hydrogen (secondary N) is 1. The topological polar surface area (TPSA) is 106 Å². The summed E-state index contributed by atoms with van der Waals surface area (Å²) in [5.41, 5.74) is -0.566. The van der Waals surface area contributed by atoms with Crippen molar-refractivity contribution in [2.75, 3.05) is 0 Å². The van der Waals surface area contributed by atoms with Crippen molar-refractivity contribution in [3.05, 3.63) is 24.0 Å². The minimum atomic E-state index is -4.07. The molecule has 9 heteroatoms. The number of primary sulfonamides is 1. The highest BCUT2D eigenvalue weighted by Crippen LogP contribution is 2.33. The first-order valence-corrected chi connectivity index (χ1v) is 8.93. The van der Waals surface area contributed by atoms with Gasteiger partial charge in [-0.05, 0) is 44.4 Å². The Morgan fingerprint density at radius 3 is 2.25 bits per heavy atom. The van der Waals surface area contributed by atoms with Gasteiger partial charge >= 0.3 is 0 Å².